The maximum Gasteiger partial charge on any atom is 0.371 e. The first kappa shape index (κ1) is 11.8. The smallest absolute Gasteiger partial charge is 0.371 e. The van der Waals surface area contributed by atoms with E-state index in [1.165, 1.54) is 18.3 Å². The van der Waals surface area contributed by atoms with Crippen LogP contribution in [0.5, 0.6) is 0 Å². The molecule has 2 N–H and O–H groups in total. The van der Waals surface area contributed by atoms with Gasteiger partial charge in [0.15, 0.2) is 0 Å². The number of furan rings is 1. The van der Waals surface area contributed by atoms with E-state index in [9.17, 15) is 9.59 Å². The molecule has 0 radical (unpaired) electrons. The number of nitrogens with zero attached hydrogens (tertiary/aromatic N) is 1. The molecule has 2 heterocycles. The molecule has 6 nitrogen and oxygen atoms in total. The molecule has 0 fully saturated rings. The van der Waals surface area contributed by atoms with Crippen molar-refractivity contribution in [3.63, 3.8) is 0 Å². The predicted molar refractivity (Wildman–Crippen MR) is 61.1 cm³/mol. The van der Waals surface area contributed by atoms with E-state index in [0.717, 1.165) is 0 Å². The van der Waals surface area contributed by atoms with Gasteiger partial charge < -0.3 is 14.8 Å². The van der Waals surface area contributed by atoms with Crippen LogP contribution in [0.3, 0.4) is 0 Å². The lowest BCUT2D eigenvalue weighted by molar-refractivity contribution is 0.0660. The second-order valence-electron chi connectivity index (χ2n) is 3.50. The van der Waals surface area contributed by atoms with Crippen LogP contribution in [-0.4, -0.2) is 22.0 Å². The normalized spacial score (nSPS) is 10.0. The zero-order valence-electron chi connectivity index (χ0n) is 9.29. The monoisotopic (exact) mass is 246 g/mol. The highest BCUT2D eigenvalue weighted by Gasteiger charge is 2.10. The lowest BCUT2D eigenvalue weighted by atomic mass is 10.2. The molecule has 0 saturated carbocycles. The number of pyridine rings is 1. The molecule has 92 valence electrons. The van der Waals surface area contributed by atoms with E-state index in [1.54, 1.807) is 18.3 Å². The van der Waals surface area contributed by atoms with Crippen LogP contribution in [0, 0.1) is 0 Å². The Labute approximate surface area is 102 Å². The van der Waals surface area contributed by atoms with Crippen LogP contribution in [0.1, 0.15) is 26.7 Å². The highest BCUT2D eigenvalue weighted by Crippen LogP contribution is 2.07. The Morgan fingerprint density at radius 1 is 1.33 bits per heavy atom. The molecule has 2 aromatic heterocycles. The SMILES string of the molecule is O=C(NCc1ccc(C(=O)O)o1)c1cccnc1. The molecule has 0 aliphatic carbocycles. The number of carbonyl (C=O) groups is 2. The van der Waals surface area contributed by atoms with Crippen molar-refractivity contribution in [2.45, 2.75) is 6.54 Å². The number of hydrogen-bond acceptors (Lipinski definition) is 4. The average molecular weight is 246 g/mol. The van der Waals surface area contributed by atoms with E-state index in [4.69, 9.17) is 9.52 Å². The topological polar surface area (TPSA) is 92.4 Å². The number of carbonyl (C=O) groups excluding carboxylic acids is 1. The number of nitrogens with one attached hydrogen (secondary N) is 1. The van der Waals surface area contributed by atoms with E-state index in [1.807, 2.05) is 0 Å². The molecule has 1 amide bonds. The van der Waals surface area contributed by atoms with Crippen LogP contribution in [0.15, 0.2) is 41.1 Å². The van der Waals surface area contributed by atoms with Crippen LogP contribution in [0.2, 0.25) is 0 Å². The Morgan fingerprint density at radius 3 is 2.78 bits per heavy atom. The quantitative estimate of drug-likeness (QED) is 0.848. The van der Waals surface area contributed by atoms with E-state index in [0.29, 0.717) is 11.3 Å². The maximum absolute atomic E-state index is 11.6. The molecule has 0 unspecified atom stereocenters. The zero-order valence-corrected chi connectivity index (χ0v) is 9.29. The highest BCUT2D eigenvalue weighted by atomic mass is 16.4. The first-order valence-electron chi connectivity index (χ1n) is 5.17. The zero-order chi connectivity index (χ0) is 13.0. The summed E-state index contributed by atoms with van der Waals surface area (Å²) >= 11 is 0. The van der Waals surface area contributed by atoms with Gasteiger partial charge in [0.25, 0.3) is 5.91 Å². The number of carboxylic acid groups (broad SMARTS) is 1. The summed E-state index contributed by atoms with van der Waals surface area (Å²) in [5.74, 6) is -1.21. The van der Waals surface area contributed by atoms with Gasteiger partial charge >= 0.3 is 5.97 Å². The van der Waals surface area contributed by atoms with Crippen molar-refractivity contribution in [3.05, 3.63) is 53.7 Å². The summed E-state index contributed by atoms with van der Waals surface area (Å²) < 4.78 is 5.00. The molecule has 6 heteroatoms. The first-order valence-corrected chi connectivity index (χ1v) is 5.17. The minimum atomic E-state index is -1.14. The Kier molecular flexibility index (Phi) is 3.38. The number of aromatic nitrogens is 1. The number of amides is 1. The maximum atomic E-state index is 11.6. The fourth-order valence-electron chi connectivity index (χ4n) is 1.35. The van der Waals surface area contributed by atoms with Crippen LogP contribution in [0.25, 0.3) is 0 Å². The molecular weight excluding hydrogens is 236 g/mol. The molecule has 0 atom stereocenters. The van der Waals surface area contributed by atoms with Crippen molar-refractivity contribution in [2.75, 3.05) is 0 Å². The summed E-state index contributed by atoms with van der Waals surface area (Å²) in [5.41, 5.74) is 0.433. The van der Waals surface area contributed by atoms with Gasteiger partial charge in [-0.05, 0) is 24.3 Å². The average Bonchev–Trinajstić information content (AvgIpc) is 2.86. The van der Waals surface area contributed by atoms with Crippen LogP contribution < -0.4 is 5.32 Å². The number of aromatic carboxylic acids is 1. The molecule has 0 saturated heterocycles. The second-order valence-corrected chi connectivity index (χ2v) is 3.50. The highest BCUT2D eigenvalue weighted by molar-refractivity contribution is 5.93. The lowest BCUT2D eigenvalue weighted by Gasteiger charge is -2.02. The van der Waals surface area contributed by atoms with E-state index in [-0.39, 0.29) is 18.2 Å². The van der Waals surface area contributed by atoms with E-state index in [2.05, 4.69) is 10.3 Å². The third kappa shape index (κ3) is 2.73. The first-order chi connectivity index (χ1) is 8.66. The molecular formula is C12H10N2O4. The van der Waals surface area contributed by atoms with E-state index < -0.39 is 5.97 Å². The summed E-state index contributed by atoms with van der Waals surface area (Å²) in [6.07, 6.45) is 3.02. The third-order valence-electron chi connectivity index (χ3n) is 2.22. The largest absolute Gasteiger partial charge is 0.475 e. The van der Waals surface area contributed by atoms with Crippen LogP contribution >= 0.6 is 0 Å². The van der Waals surface area contributed by atoms with Crippen LogP contribution in [-0.2, 0) is 6.54 Å². The van der Waals surface area contributed by atoms with Gasteiger partial charge in [0.1, 0.15) is 5.76 Å². The van der Waals surface area contributed by atoms with Crippen molar-refractivity contribution in [3.8, 4) is 0 Å². The fourth-order valence-corrected chi connectivity index (χ4v) is 1.35. The molecule has 2 rings (SSSR count). The van der Waals surface area contributed by atoms with Gasteiger partial charge in [-0.3, -0.25) is 9.78 Å². The second kappa shape index (κ2) is 5.13. The van der Waals surface area contributed by atoms with Crippen LogP contribution in [0.4, 0.5) is 0 Å². The summed E-state index contributed by atoms with van der Waals surface area (Å²) in [4.78, 5) is 26.1. The Hall–Kier alpha value is -2.63. The molecule has 0 aromatic carbocycles. The molecule has 0 aliphatic rings. The molecule has 0 spiro atoms. The van der Waals surface area contributed by atoms with Crippen molar-refractivity contribution < 1.29 is 19.1 Å². The standard InChI is InChI=1S/C12H10N2O4/c15-11(8-2-1-5-13-6-8)14-7-9-3-4-10(18-9)12(16)17/h1-6H,7H2,(H,14,15)(H,16,17). The predicted octanol–water partition coefficient (Wildman–Crippen LogP) is 1.30. The van der Waals surface area contributed by atoms with Gasteiger partial charge in [0.05, 0.1) is 12.1 Å². The number of hydrogen-bond donors (Lipinski definition) is 2. The molecule has 18 heavy (non-hydrogen) atoms. The van der Waals surface area contributed by atoms with Crippen molar-refractivity contribution in [1.82, 2.24) is 10.3 Å². The summed E-state index contributed by atoms with van der Waals surface area (Å²) in [7, 11) is 0. The fraction of sp³-hybridized carbons (Fsp3) is 0.0833. The van der Waals surface area contributed by atoms with Gasteiger partial charge in [-0.2, -0.15) is 0 Å². The Bertz CT molecular complexity index is 562. The van der Waals surface area contributed by atoms with Gasteiger partial charge in [0, 0.05) is 12.4 Å². The summed E-state index contributed by atoms with van der Waals surface area (Å²) in [5, 5.41) is 11.3. The third-order valence-corrected chi connectivity index (χ3v) is 2.22. The van der Waals surface area contributed by atoms with Crippen molar-refractivity contribution in [1.29, 1.82) is 0 Å². The minimum absolute atomic E-state index is 0.126. The van der Waals surface area contributed by atoms with Gasteiger partial charge in [0.2, 0.25) is 5.76 Å². The van der Waals surface area contributed by atoms with Crippen molar-refractivity contribution in [2.24, 2.45) is 0 Å². The summed E-state index contributed by atoms with van der Waals surface area (Å²) in [6, 6.07) is 6.14. The van der Waals surface area contributed by atoms with Crippen molar-refractivity contribution >= 4 is 11.9 Å². The minimum Gasteiger partial charge on any atom is -0.475 e. The van der Waals surface area contributed by atoms with Gasteiger partial charge in [-0.25, -0.2) is 4.79 Å². The molecule has 0 aliphatic heterocycles. The van der Waals surface area contributed by atoms with E-state index >= 15 is 0 Å². The number of carboxylic acids is 1. The summed E-state index contributed by atoms with van der Waals surface area (Å²) in [6.45, 7) is 0.126. The lowest BCUT2D eigenvalue weighted by Crippen LogP contribution is -2.22. The molecule has 0 bridgehead atoms. The Balaban J connectivity index is 1.95. The van der Waals surface area contributed by atoms with Gasteiger partial charge in [-0.1, -0.05) is 0 Å². The Morgan fingerprint density at radius 2 is 2.17 bits per heavy atom. The number of rotatable bonds is 4. The molecule has 2 aromatic rings. The van der Waals surface area contributed by atoms with Gasteiger partial charge in [-0.15, -0.1) is 0 Å².